The van der Waals surface area contributed by atoms with Crippen LogP contribution in [0.3, 0.4) is 0 Å². The molecule has 0 aromatic heterocycles. The van der Waals surface area contributed by atoms with Gasteiger partial charge >= 0.3 is 0 Å². The first-order valence-electron chi connectivity index (χ1n) is 6.18. The molecule has 1 aliphatic rings. The molecule has 19 heavy (non-hydrogen) atoms. The number of hydrogen-bond donors (Lipinski definition) is 1. The first-order valence-corrected chi connectivity index (χ1v) is 8.00. The van der Waals surface area contributed by atoms with E-state index in [9.17, 15) is 13.2 Å². The predicted molar refractivity (Wildman–Crippen MR) is 75.1 cm³/mol. The van der Waals surface area contributed by atoms with Crippen LogP contribution in [0.2, 0.25) is 0 Å². The smallest absolute Gasteiger partial charge is 0.253 e. The summed E-state index contributed by atoms with van der Waals surface area (Å²) in [6.45, 7) is 0. The number of sulfone groups is 1. The first kappa shape index (κ1) is 13.9. The second kappa shape index (κ2) is 5.21. The van der Waals surface area contributed by atoms with Gasteiger partial charge in [0.2, 0.25) is 0 Å². The van der Waals surface area contributed by atoms with Crippen LogP contribution in [0, 0.1) is 0 Å². The number of amides is 1. The Morgan fingerprint density at radius 2 is 1.95 bits per heavy atom. The summed E-state index contributed by atoms with van der Waals surface area (Å²) in [4.78, 5) is 13.8. The maximum atomic E-state index is 12.3. The number of rotatable bonds is 3. The molecule has 0 aliphatic carbocycles. The van der Waals surface area contributed by atoms with Crippen LogP contribution in [-0.2, 0) is 9.84 Å². The fourth-order valence-corrected chi connectivity index (χ4v) is 4.00. The highest BCUT2D eigenvalue weighted by atomic mass is 32.2. The van der Waals surface area contributed by atoms with Gasteiger partial charge in [0, 0.05) is 31.4 Å². The highest BCUT2D eigenvalue weighted by Crippen LogP contribution is 2.19. The molecule has 0 saturated carbocycles. The van der Waals surface area contributed by atoms with E-state index in [1.165, 1.54) is 0 Å². The van der Waals surface area contributed by atoms with Gasteiger partial charge in [0.25, 0.3) is 5.91 Å². The van der Waals surface area contributed by atoms with E-state index in [1.54, 1.807) is 24.1 Å². The molecule has 2 rings (SSSR count). The number of carbonyl (C=O) groups is 1. The van der Waals surface area contributed by atoms with E-state index >= 15 is 0 Å². The molecule has 0 bridgehead atoms. The molecule has 5 nitrogen and oxygen atoms in total. The highest BCUT2D eigenvalue weighted by molar-refractivity contribution is 7.91. The molecule has 1 aromatic carbocycles. The van der Waals surface area contributed by atoms with Gasteiger partial charge in [0.15, 0.2) is 9.84 Å². The largest absolute Gasteiger partial charge is 0.388 e. The van der Waals surface area contributed by atoms with Crippen LogP contribution in [-0.4, -0.2) is 50.9 Å². The van der Waals surface area contributed by atoms with Crippen molar-refractivity contribution in [3.05, 3.63) is 29.8 Å². The fraction of sp³-hybridized carbons (Fsp3) is 0.462. The van der Waals surface area contributed by atoms with Gasteiger partial charge < -0.3 is 10.2 Å². The number of nitrogens with one attached hydrogen (secondary N) is 1. The Kier molecular flexibility index (Phi) is 3.80. The topological polar surface area (TPSA) is 66.5 Å². The lowest BCUT2D eigenvalue weighted by Crippen LogP contribution is -2.37. The number of benzene rings is 1. The normalized spacial score (nSPS) is 21.1. The third kappa shape index (κ3) is 3.07. The summed E-state index contributed by atoms with van der Waals surface area (Å²) in [5.41, 5.74) is 1.51. The highest BCUT2D eigenvalue weighted by Gasteiger charge is 2.32. The molecule has 6 heteroatoms. The summed E-state index contributed by atoms with van der Waals surface area (Å²) in [7, 11) is 0.508. The van der Waals surface area contributed by atoms with Crippen molar-refractivity contribution in [3.8, 4) is 0 Å². The molecule has 1 heterocycles. The van der Waals surface area contributed by atoms with Gasteiger partial charge in [0.1, 0.15) is 0 Å². The Hall–Kier alpha value is -1.56. The van der Waals surface area contributed by atoms with Gasteiger partial charge in [-0.1, -0.05) is 0 Å². The molecule has 1 N–H and O–H groups in total. The Labute approximate surface area is 113 Å². The number of hydrogen-bond acceptors (Lipinski definition) is 4. The van der Waals surface area contributed by atoms with Crippen LogP contribution < -0.4 is 5.32 Å². The zero-order chi connectivity index (χ0) is 14.0. The molecule has 1 saturated heterocycles. The minimum absolute atomic E-state index is 0.0733. The molecule has 0 spiro atoms. The summed E-state index contributed by atoms with van der Waals surface area (Å²) in [5.74, 6) is 0.113. The second-order valence-corrected chi connectivity index (χ2v) is 7.03. The lowest BCUT2D eigenvalue weighted by atomic mass is 10.1. The van der Waals surface area contributed by atoms with E-state index in [1.807, 2.05) is 19.2 Å². The maximum absolute atomic E-state index is 12.3. The van der Waals surface area contributed by atoms with Gasteiger partial charge in [0.05, 0.1) is 11.5 Å². The van der Waals surface area contributed by atoms with E-state index in [0.29, 0.717) is 12.0 Å². The van der Waals surface area contributed by atoms with Crippen LogP contribution >= 0.6 is 0 Å². The van der Waals surface area contributed by atoms with Crippen LogP contribution in [0.4, 0.5) is 5.69 Å². The van der Waals surface area contributed by atoms with Crippen molar-refractivity contribution < 1.29 is 13.2 Å². The average Bonchev–Trinajstić information content (AvgIpc) is 2.77. The van der Waals surface area contributed by atoms with Crippen molar-refractivity contribution in [2.45, 2.75) is 12.5 Å². The SMILES string of the molecule is CNc1ccc(C(=O)N(C)C2CCS(=O)(=O)C2)cc1. The molecule has 0 radical (unpaired) electrons. The zero-order valence-corrected chi connectivity index (χ0v) is 11.9. The minimum Gasteiger partial charge on any atom is -0.388 e. The van der Waals surface area contributed by atoms with E-state index < -0.39 is 9.84 Å². The van der Waals surface area contributed by atoms with Gasteiger partial charge in [-0.25, -0.2) is 8.42 Å². The van der Waals surface area contributed by atoms with Crippen molar-refractivity contribution >= 4 is 21.4 Å². The van der Waals surface area contributed by atoms with Crippen LogP contribution in [0.25, 0.3) is 0 Å². The molecule has 1 aliphatic heterocycles. The zero-order valence-electron chi connectivity index (χ0n) is 11.1. The molecule has 1 atom stereocenters. The maximum Gasteiger partial charge on any atom is 0.253 e. The average molecular weight is 282 g/mol. The van der Waals surface area contributed by atoms with E-state index in [0.717, 1.165) is 5.69 Å². The molecule has 1 fully saturated rings. The summed E-state index contributed by atoms with van der Waals surface area (Å²) >= 11 is 0. The van der Waals surface area contributed by atoms with E-state index in [2.05, 4.69) is 5.32 Å². The van der Waals surface area contributed by atoms with Crippen molar-refractivity contribution in [1.29, 1.82) is 0 Å². The second-order valence-electron chi connectivity index (χ2n) is 4.80. The van der Waals surface area contributed by atoms with Crippen molar-refractivity contribution in [2.24, 2.45) is 0 Å². The Morgan fingerprint density at radius 3 is 2.42 bits per heavy atom. The molecular weight excluding hydrogens is 264 g/mol. The lowest BCUT2D eigenvalue weighted by Gasteiger charge is -2.23. The van der Waals surface area contributed by atoms with E-state index in [-0.39, 0.29) is 23.5 Å². The molecular formula is C13H18N2O3S. The fourth-order valence-electron chi connectivity index (χ4n) is 2.23. The van der Waals surface area contributed by atoms with Crippen LogP contribution in [0.5, 0.6) is 0 Å². The van der Waals surface area contributed by atoms with Crippen molar-refractivity contribution in [1.82, 2.24) is 4.90 Å². The summed E-state index contributed by atoms with van der Waals surface area (Å²) in [5, 5.41) is 2.98. The third-order valence-corrected chi connectivity index (χ3v) is 5.25. The van der Waals surface area contributed by atoms with Crippen LogP contribution in [0.15, 0.2) is 24.3 Å². The van der Waals surface area contributed by atoms with Crippen LogP contribution in [0.1, 0.15) is 16.8 Å². The predicted octanol–water partition coefficient (Wildman–Crippen LogP) is 0.987. The lowest BCUT2D eigenvalue weighted by molar-refractivity contribution is 0.0747. The third-order valence-electron chi connectivity index (χ3n) is 3.50. The quantitative estimate of drug-likeness (QED) is 0.897. The minimum atomic E-state index is -2.97. The number of carbonyl (C=O) groups excluding carboxylic acids is 1. The standard InChI is InChI=1S/C13H18N2O3S/c1-14-11-5-3-10(4-6-11)13(16)15(2)12-7-8-19(17,18)9-12/h3-6,12,14H,7-9H2,1-2H3. The van der Waals surface area contributed by atoms with Gasteiger partial charge in [-0.15, -0.1) is 0 Å². The number of nitrogens with zero attached hydrogens (tertiary/aromatic N) is 1. The summed E-state index contributed by atoms with van der Waals surface area (Å²) in [6.07, 6.45) is 0.527. The molecule has 104 valence electrons. The van der Waals surface area contributed by atoms with E-state index in [4.69, 9.17) is 0 Å². The molecule has 1 aromatic rings. The Balaban J connectivity index is 2.10. The molecule has 1 unspecified atom stereocenters. The number of anilines is 1. The van der Waals surface area contributed by atoms with Crippen molar-refractivity contribution in [2.75, 3.05) is 30.9 Å². The Morgan fingerprint density at radius 1 is 1.32 bits per heavy atom. The van der Waals surface area contributed by atoms with Gasteiger partial charge in [-0.2, -0.15) is 0 Å². The molecule has 1 amide bonds. The van der Waals surface area contributed by atoms with Crippen molar-refractivity contribution in [3.63, 3.8) is 0 Å². The monoisotopic (exact) mass is 282 g/mol. The Bertz CT molecular complexity index is 566. The summed E-state index contributed by atoms with van der Waals surface area (Å²) in [6, 6.07) is 6.93. The first-order chi connectivity index (χ1) is 8.93. The van der Waals surface area contributed by atoms with Gasteiger partial charge in [-0.3, -0.25) is 4.79 Å². The summed E-state index contributed by atoms with van der Waals surface area (Å²) < 4.78 is 22.9. The van der Waals surface area contributed by atoms with Gasteiger partial charge in [-0.05, 0) is 30.7 Å².